The number of nitrogens with zero attached hydrogens (tertiary/aromatic N) is 1. The van der Waals surface area contributed by atoms with Gasteiger partial charge in [-0.1, -0.05) is 6.07 Å². The van der Waals surface area contributed by atoms with Crippen LogP contribution >= 0.6 is 0 Å². The van der Waals surface area contributed by atoms with Crippen molar-refractivity contribution in [3.63, 3.8) is 0 Å². The lowest BCUT2D eigenvalue weighted by Crippen LogP contribution is -2.57. The minimum absolute atomic E-state index is 0.304. The molecule has 1 atom stereocenters. The number of hydrogen-bond acceptors (Lipinski definition) is 6. The third-order valence-electron chi connectivity index (χ3n) is 5.79. The predicted molar refractivity (Wildman–Crippen MR) is 106 cm³/mol. The highest BCUT2D eigenvalue weighted by Gasteiger charge is 2.48. The van der Waals surface area contributed by atoms with Gasteiger partial charge >= 0.3 is 0 Å². The SMILES string of the molecule is COc1cccc(N2CCC(CNC(=O)C3(S(C)(=O)=O)CCNCC3)C2)c1. The van der Waals surface area contributed by atoms with Crippen molar-refractivity contribution >= 4 is 21.4 Å². The van der Waals surface area contributed by atoms with Crippen LogP contribution in [0.5, 0.6) is 5.75 Å². The fraction of sp³-hybridized carbons (Fsp3) is 0.632. The van der Waals surface area contributed by atoms with Crippen LogP contribution in [0.15, 0.2) is 24.3 Å². The van der Waals surface area contributed by atoms with Gasteiger partial charge in [0.15, 0.2) is 14.6 Å². The summed E-state index contributed by atoms with van der Waals surface area (Å²) in [5.74, 6) is 0.787. The van der Waals surface area contributed by atoms with Gasteiger partial charge in [0.2, 0.25) is 5.91 Å². The molecule has 2 saturated heterocycles. The Hall–Kier alpha value is -1.80. The van der Waals surface area contributed by atoms with Crippen molar-refractivity contribution in [2.75, 3.05) is 51.0 Å². The molecule has 8 heteroatoms. The van der Waals surface area contributed by atoms with Crippen molar-refractivity contribution in [3.8, 4) is 5.75 Å². The molecular weight excluding hydrogens is 366 g/mol. The molecule has 150 valence electrons. The molecule has 2 N–H and O–H groups in total. The van der Waals surface area contributed by atoms with E-state index in [1.54, 1.807) is 7.11 Å². The highest BCUT2D eigenvalue weighted by molar-refractivity contribution is 7.92. The summed E-state index contributed by atoms with van der Waals surface area (Å²) in [6.45, 7) is 3.35. The number of ether oxygens (including phenoxy) is 1. The highest BCUT2D eigenvalue weighted by atomic mass is 32.2. The first-order chi connectivity index (χ1) is 12.9. The number of nitrogens with one attached hydrogen (secondary N) is 2. The van der Waals surface area contributed by atoms with Gasteiger partial charge in [-0.05, 0) is 50.4 Å². The van der Waals surface area contributed by atoms with Gasteiger partial charge in [-0.3, -0.25) is 4.79 Å². The lowest BCUT2D eigenvalue weighted by atomic mass is 9.95. The molecule has 1 amide bonds. The Labute approximate surface area is 161 Å². The molecule has 27 heavy (non-hydrogen) atoms. The second kappa shape index (κ2) is 8.06. The number of rotatable bonds is 6. The second-order valence-electron chi connectivity index (χ2n) is 7.53. The first-order valence-corrected chi connectivity index (χ1v) is 11.3. The number of hydrogen-bond donors (Lipinski definition) is 2. The van der Waals surface area contributed by atoms with Crippen LogP contribution in [0.3, 0.4) is 0 Å². The van der Waals surface area contributed by atoms with E-state index in [-0.39, 0.29) is 5.91 Å². The molecule has 2 aliphatic rings. The second-order valence-corrected chi connectivity index (χ2v) is 9.85. The number of amides is 1. The van der Waals surface area contributed by atoms with Gasteiger partial charge in [-0.15, -0.1) is 0 Å². The molecule has 0 aromatic heterocycles. The van der Waals surface area contributed by atoms with Crippen molar-refractivity contribution in [1.82, 2.24) is 10.6 Å². The molecule has 0 saturated carbocycles. The molecular formula is C19H29N3O4S. The van der Waals surface area contributed by atoms with Crippen molar-refractivity contribution in [1.29, 1.82) is 0 Å². The number of methoxy groups -OCH3 is 1. The summed E-state index contributed by atoms with van der Waals surface area (Å²) in [6.07, 6.45) is 2.81. The maximum atomic E-state index is 12.8. The number of piperidine rings is 1. The van der Waals surface area contributed by atoms with E-state index in [2.05, 4.69) is 21.6 Å². The minimum atomic E-state index is -3.47. The number of sulfone groups is 1. The maximum absolute atomic E-state index is 12.8. The smallest absolute Gasteiger partial charge is 0.241 e. The van der Waals surface area contributed by atoms with Crippen LogP contribution < -0.4 is 20.3 Å². The Kier molecular flexibility index (Phi) is 5.95. The van der Waals surface area contributed by atoms with Crippen LogP contribution in [0, 0.1) is 5.92 Å². The Morgan fingerprint density at radius 2 is 2.11 bits per heavy atom. The molecule has 0 bridgehead atoms. The largest absolute Gasteiger partial charge is 0.497 e. The average molecular weight is 396 g/mol. The monoisotopic (exact) mass is 395 g/mol. The summed E-state index contributed by atoms with van der Waals surface area (Å²) in [5, 5.41) is 6.07. The van der Waals surface area contributed by atoms with Crippen LogP contribution in [0.2, 0.25) is 0 Å². The van der Waals surface area contributed by atoms with E-state index >= 15 is 0 Å². The van der Waals surface area contributed by atoms with E-state index in [4.69, 9.17) is 4.74 Å². The van der Waals surface area contributed by atoms with Crippen LogP contribution in [-0.2, 0) is 14.6 Å². The van der Waals surface area contributed by atoms with Crippen molar-refractivity contribution < 1.29 is 17.9 Å². The summed E-state index contributed by atoms with van der Waals surface area (Å²) >= 11 is 0. The van der Waals surface area contributed by atoms with Crippen LogP contribution in [0.4, 0.5) is 5.69 Å². The normalized spacial score (nSPS) is 22.4. The van der Waals surface area contributed by atoms with E-state index < -0.39 is 14.6 Å². The number of benzene rings is 1. The van der Waals surface area contributed by atoms with E-state index in [9.17, 15) is 13.2 Å². The number of carbonyl (C=O) groups excluding carboxylic acids is 1. The molecule has 1 aromatic carbocycles. The first kappa shape index (κ1) is 19.9. The van der Waals surface area contributed by atoms with Crippen LogP contribution in [0.25, 0.3) is 0 Å². The molecule has 1 unspecified atom stereocenters. The maximum Gasteiger partial charge on any atom is 0.241 e. The van der Waals surface area contributed by atoms with Gasteiger partial charge in [0, 0.05) is 37.6 Å². The topological polar surface area (TPSA) is 87.7 Å². The van der Waals surface area contributed by atoms with E-state index in [0.29, 0.717) is 38.4 Å². The summed E-state index contributed by atoms with van der Waals surface area (Å²) in [5.41, 5.74) is 1.11. The lowest BCUT2D eigenvalue weighted by molar-refractivity contribution is -0.124. The predicted octanol–water partition coefficient (Wildman–Crippen LogP) is 0.805. The Morgan fingerprint density at radius 3 is 2.78 bits per heavy atom. The molecule has 7 nitrogen and oxygen atoms in total. The Balaban J connectivity index is 1.59. The third-order valence-corrected chi connectivity index (χ3v) is 7.80. The molecule has 2 aliphatic heterocycles. The van der Waals surface area contributed by atoms with Crippen molar-refractivity contribution in [2.45, 2.75) is 24.0 Å². The standard InChI is InChI=1S/C19H29N3O4S/c1-26-17-5-3-4-16(12-17)22-11-6-15(14-22)13-21-18(23)19(27(2,24)25)7-9-20-10-8-19/h3-5,12,15,20H,6-11,13-14H2,1-2H3,(H,21,23). The van der Waals surface area contributed by atoms with Gasteiger partial charge in [0.05, 0.1) is 7.11 Å². The molecule has 0 radical (unpaired) electrons. The highest BCUT2D eigenvalue weighted by Crippen LogP contribution is 2.29. The minimum Gasteiger partial charge on any atom is -0.497 e. The molecule has 1 aromatic rings. The number of anilines is 1. The molecule has 3 rings (SSSR count). The summed E-state index contributed by atoms with van der Waals surface area (Å²) in [6, 6.07) is 7.95. The fourth-order valence-electron chi connectivity index (χ4n) is 4.04. The summed E-state index contributed by atoms with van der Waals surface area (Å²) in [4.78, 5) is 15.1. The van der Waals surface area contributed by atoms with E-state index in [1.807, 2.05) is 18.2 Å². The Morgan fingerprint density at radius 1 is 1.37 bits per heavy atom. The van der Waals surface area contributed by atoms with Crippen LogP contribution in [0.1, 0.15) is 19.3 Å². The molecule has 2 fully saturated rings. The molecule has 0 spiro atoms. The fourth-order valence-corrected chi connectivity index (χ4v) is 5.39. The van der Waals surface area contributed by atoms with Crippen molar-refractivity contribution in [3.05, 3.63) is 24.3 Å². The third kappa shape index (κ3) is 4.21. The van der Waals surface area contributed by atoms with Gasteiger partial charge in [-0.25, -0.2) is 8.42 Å². The zero-order valence-electron chi connectivity index (χ0n) is 16.0. The van der Waals surface area contributed by atoms with Crippen molar-refractivity contribution in [2.24, 2.45) is 5.92 Å². The van der Waals surface area contributed by atoms with Gasteiger partial charge < -0.3 is 20.3 Å². The average Bonchev–Trinajstić information content (AvgIpc) is 3.15. The van der Waals surface area contributed by atoms with E-state index in [0.717, 1.165) is 30.9 Å². The van der Waals surface area contributed by atoms with Gasteiger partial charge in [0.1, 0.15) is 5.75 Å². The van der Waals surface area contributed by atoms with Gasteiger partial charge in [0.25, 0.3) is 0 Å². The van der Waals surface area contributed by atoms with E-state index in [1.165, 1.54) is 6.26 Å². The first-order valence-electron chi connectivity index (χ1n) is 9.43. The lowest BCUT2D eigenvalue weighted by Gasteiger charge is -2.34. The Bertz CT molecular complexity index is 775. The zero-order chi connectivity index (χ0) is 19.5. The summed E-state index contributed by atoms with van der Waals surface area (Å²) in [7, 11) is -1.82. The molecule has 2 heterocycles. The summed E-state index contributed by atoms with van der Waals surface area (Å²) < 4.78 is 28.7. The van der Waals surface area contributed by atoms with Crippen LogP contribution in [-0.4, -0.2) is 65.2 Å². The number of carbonyl (C=O) groups is 1. The quantitative estimate of drug-likeness (QED) is 0.741. The van der Waals surface area contributed by atoms with Gasteiger partial charge in [-0.2, -0.15) is 0 Å². The zero-order valence-corrected chi connectivity index (χ0v) is 16.8. The molecule has 0 aliphatic carbocycles.